The van der Waals surface area contributed by atoms with Gasteiger partial charge in [-0.25, -0.2) is 10.2 Å². The van der Waals surface area contributed by atoms with Crippen LogP contribution in [-0.4, -0.2) is 62.7 Å². The van der Waals surface area contributed by atoms with Crippen molar-refractivity contribution < 1.29 is 28.2 Å². The summed E-state index contributed by atoms with van der Waals surface area (Å²) in [6.45, 7) is 6.27. The van der Waals surface area contributed by atoms with Gasteiger partial charge in [-0.1, -0.05) is 18.2 Å². The minimum Gasteiger partial charge on any atom is -0.483 e. The van der Waals surface area contributed by atoms with E-state index in [1.54, 1.807) is 38.1 Å². The van der Waals surface area contributed by atoms with Crippen molar-refractivity contribution in [2.45, 2.75) is 19.9 Å². The van der Waals surface area contributed by atoms with Crippen LogP contribution in [-0.2, 0) is 19.1 Å². The minimum absolute atomic E-state index is 0.234. The Kier molecular flexibility index (Phi) is 8.75. The molecular weight excluding hydrogens is 498 g/mol. The molecule has 1 fully saturated rings. The molecule has 1 aromatic carbocycles. The standard InChI is InChI=1S/C25H29N5O6S/c1-3-34-24(32)22-16(2)27-25(37)28-23(22)18-6-4-5-7-19(18)35-15-20(31)29-26-14-17-8-9-21(36-17)30-10-12-33-13-11-30/h4-9,14,23H,3,10-13,15H2,1-2H3,(H,29,31)(H2,27,28,37)/t23-/m1/s1. The van der Waals surface area contributed by atoms with Gasteiger partial charge < -0.3 is 34.2 Å². The van der Waals surface area contributed by atoms with E-state index in [-0.39, 0.29) is 13.2 Å². The van der Waals surface area contributed by atoms with E-state index in [1.807, 2.05) is 12.1 Å². The second-order valence-corrected chi connectivity index (χ2v) is 8.59. The molecule has 2 aromatic rings. The van der Waals surface area contributed by atoms with E-state index in [2.05, 4.69) is 26.1 Å². The molecular formula is C25H29N5O6S. The largest absolute Gasteiger partial charge is 0.483 e. The number of nitrogens with one attached hydrogen (secondary N) is 3. The van der Waals surface area contributed by atoms with E-state index in [1.165, 1.54) is 6.21 Å². The summed E-state index contributed by atoms with van der Waals surface area (Å²) in [5.74, 6) is 0.726. The van der Waals surface area contributed by atoms with Crippen molar-refractivity contribution in [2.24, 2.45) is 5.10 Å². The number of hydrazone groups is 1. The predicted molar refractivity (Wildman–Crippen MR) is 140 cm³/mol. The highest BCUT2D eigenvalue weighted by atomic mass is 32.1. The maximum Gasteiger partial charge on any atom is 0.338 e. The zero-order valence-corrected chi connectivity index (χ0v) is 21.4. The van der Waals surface area contributed by atoms with Crippen molar-refractivity contribution in [3.05, 3.63) is 59.0 Å². The molecule has 0 bridgehead atoms. The molecule has 12 heteroatoms. The summed E-state index contributed by atoms with van der Waals surface area (Å²) in [7, 11) is 0. The summed E-state index contributed by atoms with van der Waals surface area (Å²) >= 11 is 5.29. The number of anilines is 1. The third kappa shape index (κ3) is 6.66. The number of esters is 1. The number of rotatable bonds is 9. The number of para-hydroxylation sites is 1. The Hall–Kier alpha value is -3.90. The Bertz CT molecular complexity index is 1200. The second kappa shape index (κ2) is 12.4. The van der Waals surface area contributed by atoms with Crippen LogP contribution in [0, 0.1) is 0 Å². The molecule has 0 unspecified atom stereocenters. The van der Waals surface area contributed by atoms with Crippen LogP contribution >= 0.6 is 12.2 Å². The lowest BCUT2D eigenvalue weighted by Gasteiger charge is -2.30. The van der Waals surface area contributed by atoms with Crippen LogP contribution in [0.3, 0.4) is 0 Å². The SMILES string of the molecule is CCOC(=O)C1=C(C)NC(=S)N[C@@H]1c1ccccc1OCC(=O)NN=Cc1ccc(N2CCOCC2)o1. The van der Waals surface area contributed by atoms with Crippen LogP contribution in [0.5, 0.6) is 5.75 Å². The third-order valence-corrected chi connectivity index (χ3v) is 5.89. The smallest absolute Gasteiger partial charge is 0.338 e. The summed E-state index contributed by atoms with van der Waals surface area (Å²) in [5, 5.41) is 10.4. The number of ether oxygens (including phenoxy) is 3. The second-order valence-electron chi connectivity index (χ2n) is 8.19. The van der Waals surface area contributed by atoms with Gasteiger partial charge >= 0.3 is 5.97 Å². The fraction of sp³-hybridized carbons (Fsp3) is 0.360. The van der Waals surface area contributed by atoms with Crippen LogP contribution in [0.2, 0.25) is 0 Å². The van der Waals surface area contributed by atoms with Gasteiger partial charge in [0.1, 0.15) is 11.5 Å². The maximum atomic E-state index is 12.7. The first-order valence-corrected chi connectivity index (χ1v) is 12.3. The van der Waals surface area contributed by atoms with Crippen LogP contribution < -0.4 is 25.7 Å². The fourth-order valence-electron chi connectivity index (χ4n) is 3.97. The Morgan fingerprint density at radius 2 is 2.03 bits per heavy atom. The third-order valence-electron chi connectivity index (χ3n) is 5.67. The van der Waals surface area contributed by atoms with Crippen molar-refractivity contribution in [1.82, 2.24) is 16.1 Å². The molecule has 4 rings (SSSR count). The highest BCUT2D eigenvalue weighted by Crippen LogP contribution is 2.33. The number of benzene rings is 1. The first-order chi connectivity index (χ1) is 18.0. The number of hydrogen-bond acceptors (Lipinski definition) is 9. The van der Waals surface area contributed by atoms with Crippen molar-refractivity contribution in [3.63, 3.8) is 0 Å². The van der Waals surface area contributed by atoms with Gasteiger partial charge in [0.15, 0.2) is 17.6 Å². The Labute approximate surface area is 219 Å². The molecule has 3 heterocycles. The Morgan fingerprint density at radius 1 is 1.24 bits per heavy atom. The zero-order valence-electron chi connectivity index (χ0n) is 20.6. The number of thiocarbonyl (C=S) groups is 1. The topological polar surface area (TPSA) is 127 Å². The Morgan fingerprint density at radius 3 is 2.81 bits per heavy atom. The molecule has 2 aliphatic rings. The molecule has 0 saturated carbocycles. The normalized spacial score (nSPS) is 17.8. The predicted octanol–water partition coefficient (Wildman–Crippen LogP) is 2.00. The monoisotopic (exact) mass is 527 g/mol. The van der Waals surface area contributed by atoms with Crippen LogP contribution in [0.15, 0.2) is 57.2 Å². The summed E-state index contributed by atoms with van der Waals surface area (Å²) in [4.78, 5) is 27.1. The van der Waals surface area contributed by atoms with Crippen molar-refractivity contribution >= 4 is 41.3 Å². The number of morpholine rings is 1. The first kappa shape index (κ1) is 26.2. The lowest BCUT2D eigenvalue weighted by Crippen LogP contribution is -2.45. The maximum absolute atomic E-state index is 12.7. The highest BCUT2D eigenvalue weighted by molar-refractivity contribution is 7.80. The Balaban J connectivity index is 1.38. The molecule has 37 heavy (non-hydrogen) atoms. The van der Waals surface area contributed by atoms with E-state index < -0.39 is 17.9 Å². The van der Waals surface area contributed by atoms with Gasteiger partial charge in [0.25, 0.3) is 5.91 Å². The van der Waals surface area contributed by atoms with E-state index in [9.17, 15) is 9.59 Å². The fourth-order valence-corrected chi connectivity index (χ4v) is 4.24. The number of amides is 1. The number of furan rings is 1. The molecule has 0 aliphatic carbocycles. The number of hydrogen-bond donors (Lipinski definition) is 3. The van der Waals surface area contributed by atoms with Gasteiger partial charge in [0, 0.05) is 30.4 Å². The van der Waals surface area contributed by atoms with Gasteiger partial charge in [-0.05, 0) is 38.2 Å². The number of nitrogens with zero attached hydrogens (tertiary/aromatic N) is 2. The molecule has 0 radical (unpaired) electrons. The summed E-state index contributed by atoms with van der Waals surface area (Å²) < 4.78 is 22.1. The van der Waals surface area contributed by atoms with Crippen LogP contribution in [0.4, 0.5) is 5.88 Å². The highest BCUT2D eigenvalue weighted by Gasteiger charge is 2.32. The van der Waals surface area contributed by atoms with Gasteiger partial charge in [-0.2, -0.15) is 5.10 Å². The summed E-state index contributed by atoms with van der Waals surface area (Å²) in [6.07, 6.45) is 1.43. The molecule has 196 valence electrons. The van der Waals surface area contributed by atoms with Crippen LogP contribution in [0.25, 0.3) is 0 Å². The van der Waals surface area contributed by atoms with Gasteiger partial charge in [0.05, 0.1) is 37.7 Å². The zero-order chi connectivity index (χ0) is 26.2. The van der Waals surface area contributed by atoms with E-state index in [0.717, 1.165) is 19.0 Å². The van der Waals surface area contributed by atoms with Gasteiger partial charge in [0.2, 0.25) is 0 Å². The lowest BCUT2D eigenvalue weighted by atomic mass is 9.95. The average Bonchev–Trinajstić information content (AvgIpc) is 3.37. The van der Waals surface area contributed by atoms with E-state index >= 15 is 0 Å². The van der Waals surface area contributed by atoms with Crippen molar-refractivity contribution in [3.8, 4) is 5.75 Å². The molecule has 11 nitrogen and oxygen atoms in total. The summed E-state index contributed by atoms with van der Waals surface area (Å²) in [5.41, 5.74) is 4.04. The van der Waals surface area contributed by atoms with Gasteiger partial charge in [-0.15, -0.1) is 0 Å². The van der Waals surface area contributed by atoms with Crippen LogP contribution in [0.1, 0.15) is 31.2 Å². The lowest BCUT2D eigenvalue weighted by molar-refractivity contribution is -0.139. The van der Waals surface area contributed by atoms with Gasteiger partial charge in [-0.3, -0.25) is 4.79 Å². The van der Waals surface area contributed by atoms with Crippen molar-refractivity contribution in [2.75, 3.05) is 44.4 Å². The molecule has 1 amide bonds. The molecule has 1 atom stereocenters. The number of carbonyl (C=O) groups excluding carboxylic acids is 2. The van der Waals surface area contributed by atoms with E-state index in [0.29, 0.717) is 46.7 Å². The number of carbonyl (C=O) groups is 2. The number of allylic oxidation sites excluding steroid dienone is 1. The molecule has 3 N–H and O–H groups in total. The quantitative estimate of drug-likeness (QED) is 0.193. The molecule has 2 aliphatic heterocycles. The summed E-state index contributed by atoms with van der Waals surface area (Å²) in [6, 6.07) is 10.1. The van der Waals surface area contributed by atoms with E-state index in [4.69, 9.17) is 30.8 Å². The van der Waals surface area contributed by atoms with Crippen molar-refractivity contribution in [1.29, 1.82) is 0 Å². The molecule has 1 saturated heterocycles. The minimum atomic E-state index is -0.607. The average molecular weight is 528 g/mol. The first-order valence-electron chi connectivity index (χ1n) is 11.9. The molecule has 1 aromatic heterocycles. The molecule has 0 spiro atoms.